The lowest BCUT2D eigenvalue weighted by atomic mass is 9.85. The van der Waals surface area contributed by atoms with Crippen LogP contribution in [0.4, 0.5) is 0 Å². The topological polar surface area (TPSA) is 129 Å². The van der Waals surface area contributed by atoms with Crippen molar-refractivity contribution in [3.05, 3.63) is 0 Å². The summed E-state index contributed by atoms with van der Waals surface area (Å²) in [4.78, 5) is 35.3. The van der Waals surface area contributed by atoms with Gasteiger partial charge in [-0.1, -0.05) is 25.6 Å². The highest BCUT2D eigenvalue weighted by Gasteiger charge is 2.50. The monoisotopic (exact) mass is 419 g/mol. The Kier molecular flexibility index (Phi) is 10.4. The van der Waals surface area contributed by atoms with Gasteiger partial charge >= 0.3 is 0 Å². The Labute approximate surface area is 170 Å². The van der Waals surface area contributed by atoms with Gasteiger partial charge in [-0.05, 0) is 13.0 Å². The van der Waals surface area contributed by atoms with E-state index in [4.69, 9.17) is 19.9 Å². The summed E-state index contributed by atoms with van der Waals surface area (Å²) in [5.74, 6) is -1.27. The van der Waals surface area contributed by atoms with Gasteiger partial charge in [0.1, 0.15) is 6.10 Å². The number of rotatable bonds is 11. The molecule has 162 valence electrons. The number of ether oxygens (including phenoxy) is 3. The summed E-state index contributed by atoms with van der Waals surface area (Å²) in [6.07, 6.45) is 0.405. The predicted octanol–water partition coefficient (Wildman–Crippen LogP) is 0.369. The number of carbonyl (C=O) groups excluding carboxylic acids is 3. The number of methoxy groups -OCH3 is 1. The summed E-state index contributed by atoms with van der Waals surface area (Å²) < 4.78 is 17.1. The van der Waals surface area contributed by atoms with Gasteiger partial charge < -0.3 is 30.6 Å². The molecule has 1 heterocycles. The molecule has 0 aliphatic carbocycles. The average Bonchev–Trinajstić information content (AvgIpc) is 2.64. The summed E-state index contributed by atoms with van der Waals surface area (Å²) >= 11 is 1.16. The Morgan fingerprint density at radius 2 is 1.96 bits per heavy atom. The van der Waals surface area contributed by atoms with E-state index in [1.807, 2.05) is 13.8 Å². The predicted molar refractivity (Wildman–Crippen MR) is 106 cm³/mol. The van der Waals surface area contributed by atoms with Crippen LogP contribution in [0.3, 0.4) is 0 Å². The van der Waals surface area contributed by atoms with Gasteiger partial charge in [0.05, 0.1) is 6.61 Å². The van der Waals surface area contributed by atoms with Gasteiger partial charge in [-0.15, -0.1) is 0 Å². The molecule has 1 aliphatic heterocycles. The van der Waals surface area contributed by atoms with Crippen molar-refractivity contribution in [1.29, 1.82) is 0 Å². The highest BCUT2D eigenvalue weighted by molar-refractivity contribution is 8.13. The third-order valence-electron chi connectivity index (χ3n) is 4.29. The lowest BCUT2D eigenvalue weighted by Gasteiger charge is -2.46. The molecule has 1 fully saturated rings. The molecule has 9 nitrogen and oxygen atoms in total. The van der Waals surface area contributed by atoms with E-state index in [0.29, 0.717) is 31.7 Å². The van der Waals surface area contributed by atoms with Crippen LogP contribution in [-0.4, -0.2) is 68.1 Å². The van der Waals surface area contributed by atoms with Gasteiger partial charge in [0.15, 0.2) is 5.12 Å². The van der Waals surface area contributed by atoms with Crippen molar-refractivity contribution in [3.8, 4) is 0 Å². The Morgan fingerprint density at radius 3 is 2.57 bits per heavy atom. The molecule has 4 N–H and O–H groups in total. The lowest BCUT2D eigenvalue weighted by Crippen LogP contribution is -2.59. The second-order valence-electron chi connectivity index (χ2n) is 7.29. The summed E-state index contributed by atoms with van der Waals surface area (Å²) in [7, 11) is 1.47. The molecule has 1 unspecified atom stereocenters. The highest BCUT2D eigenvalue weighted by Crippen LogP contribution is 2.37. The molecule has 0 aromatic carbocycles. The number of amides is 2. The van der Waals surface area contributed by atoms with Crippen molar-refractivity contribution in [2.75, 3.05) is 39.1 Å². The SMILES string of the molecule is COC1(CCCN)OCC(C)(C)[C@H](C(=O)NCCC(=O)NCCSC(C)=O)O1. The van der Waals surface area contributed by atoms with Crippen LogP contribution in [0, 0.1) is 5.41 Å². The summed E-state index contributed by atoms with van der Waals surface area (Å²) in [6, 6.07) is 0. The van der Waals surface area contributed by atoms with Crippen LogP contribution in [0.25, 0.3) is 0 Å². The molecule has 2 amide bonds. The molecule has 1 aliphatic rings. The number of hydrogen-bond acceptors (Lipinski definition) is 8. The maximum absolute atomic E-state index is 12.7. The zero-order chi connectivity index (χ0) is 21.2. The Bertz CT molecular complexity index is 545. The smallest absolute Gasteiger partial charge is 0.283 e. The molecule has 0 aromatic heterocycles. The maximum Gasteiger partial charge on any atom is 0.283 e. The first kappa shape index (κ1) is 24.8. The van der Waals surface area contributed by atoms with Crippen molar-refractivity contribution in [3.63, 3.8) is 0 Å². The average molecular weight is 420 g/mol. The Balaban J connectivity index is 2.49. The fourth-order valence-corrected chi connectivity index (χ4v) is 3.17. The number of hydrogen-bond donors (Lipinski definition) is 3. The van der Waals surface area contributed by atoms with Crippen molar-refractivity contribution >= 4 is 28.7 Å². The quantitative estimate of drug-likeness (QED) is 0.410. The van der Waals surface area contributed by atoms with Crippen LogP contribution in [0.15, 0.2) is 0 Å². The first-order chi connectivity index (χ1) is 13.2. The van der Waals surface area contributed by atoms with Crippen molar-refractivity contribution in [1.82, 2.24) is 10.6 Å². The van der Waals surface area contributed by atoms with Crippen LogP contribution in [-0.2, 0) is 28.6 Å². The molecule has 0 radical (unpaired) electrons. The van der Waals surface area contributed by atoms with E-state index >= 15 is 0 Å². The first-order valence-corrected chi connectivity index (χ1v) is 10.4. The molecule has 10 heteroatoms. The second-order valence-corrected chi connectivity index (χ2v) is 8.56. The second kappa shape index (κ2) is 11.7. The zero-order valence-corrected chi connectivity index (χ0v) is 18.0. The zero-order valence-electron chi connectivity index (χ0n) is 17.2. The minimum absolute atomic E-state index is 0.0131. The number of nitrogens with one attached hydrogen (secondary N) is 2. The number of nitrogens with two attached hydrogens (primary N) is 1. The molecule has 28 heavy (non-hydrogen) atoms. The van der Waals surface area contributed by atoms with Gasteiger partial charge in [-0.2, -0.15) is 0 Å². The van der Waals surface area contributed by atoms with E-state index < -0.39 is 17.5 Å². The highest BCUT2D eigenvalue weighted by atomic mass is 32.2. The Morgan fingerprint density at radius 1 is 1.25 bits per heavy atom. The van der Waals surface area contributed by atoms with Gasteiger partial charge in [0.2, 0.25) is 11.8 Å². The van der Waals surface area contributed by atoms with Crippen LogP contribution in [0.2, 0.25) is 0 Å². The van der Waals surface area contributed by atoms with E-state index in [1.165, 1.54) is 14.0 Å². The van der Waals surface area contributed by atoms with Crippen molar-refractivity contribution < 1.29 is 28.6 Å². The fourth-order valence-electron chi connectivity index (χ4n) is 2.68. The van der Waals surface area contributed by atoms with E-state index in [0.717, 1.165) is 11.8 Å². The fraction of sp³-hybridized carbons (Fsp3) is 0.833. The molecule has 0 saturated carbocycles. The van der Waals surface area contributed by atoms with E-state index in [1.54, 1.807) is 0 Å². The first-order valence-electron chi connectivity index (χ1n) is 9.40. The van der Waals surface area contributed by atoms with E-state index in [-0.39, 0.29) is 36.5 Å². The molecule has 0 spiro atoms. The third kappa shape index (κ3) is 8.04. The summed E-state index contributed by atoms with van der Waals surface area (Å²) in [6.45, 7) is 6.57. The normalized spacial score (nSPS) is 23.8. The summed E-state index contributed by atoms with van der Waals surface area (Å²) in [5, 5.41) is 5.47. The molecular weight excluding hydrogens is 386 g/mol. The van der Waals surface area contributed by atoms with E-state index in [9.17, 15) is 14.4 Å². The van der Waals surface area contributed by atoms with Crippen LogP contribution >= 0.6 is 11.8 Å². The van der Waals surface area contributed by atoms with Crippen molar-refractivity contribution in [2.24, 2.45) is 11.1 Å². The minimum atomic E-state index is -1.29. The van der Waals surface area contributed by atoms with Gasteiger partial charge in [0.25, 0.3) is 5.97 Å². The number of carbonyl (C=O) groups is 3. The van der Waals surface area contributed by atoms with Crippen LogP contribution in [0.5, 0.6) is 0 Å². The van der Waals surface area contributed by atoms with Gasteiger partial charge in [-0.25, -0.2) is 0 Å². The summed E-state index contributed by atoms with van der Waals surface area (Å²) in [5.41, 5.74) is 5.00. The molecule has 1 rings (SSSR count). The standard InChI is InChI=1S/C18H33N3O6S/c1-13(22)28-11-10-20-14(23)6-9-21-16(24)15-17(2,3)12-26-18(25-4,27-15)7-5-8-19/h15H,5-12,19H2,1-4H3,(H,20,23)(H,21,24)/t15-,18?/m0/s1. The lowest BCUT2D eigenvalue weighted by molar-refractivity contribution is -0.425. The Hall–Kier alpha value is -1.20. The molecule has 0 aromatic rings. The van der Waals surface area contributed by atoms with E-state index in [2.05, 4.69) is 10.6 Å². The molecule has 2 atom stereocenters. The largest absolute Gasteiger partial charge is 0.355 e. The van der Waals surface area contributed by atoms with Crippen LogP contribution in [0.1, 0.15) is 40.0 Å². The third-order valence-corrected chi connectivity index (χ3v) is 5.10. The molecular formula is C18H33N3O6S. The van der Waals surface area contributed by atoms with Gasteiger partial charge in [0, 0.05) is 51.1 Å². The van der Waals surface area contributed by atoms with Crippen molar-refractivity contribution in [2.45, 2.75) is 52.1 Å². The molecule has 1 saturated heterocycles. The maximum atomic E-state index is 12.7. The van der Waals surface area contributed by atoms with Crippen LogP contribution < -0.4 is 16.4 Å². The minimum Gasteiger partial charge on any atom is -0.355 e. The number of thioether (sulfide) groups is 1. The molecule has 0 bridgehead atoms. The van der Waals surface area contributed by atoms with Gasteiger partial charge in [-0.3, -0.25) is 14.4 Å².